The van der Waals surface area contributed by atoms with Gasteiger partial charge in [-0.3, -0.25) is 9.59 Å². The Balaban J connectivity index is 1.77. The number of piperidine rings is 1. The Morgan fingerprint density at radius 2 is 2.04 bits per heavy atom. The number of Topliss-reactive ketones (excluding diaryl/α,β-unsaturated/α-hetero) is 1. The minimum Gasteiger partial charge on any atom is -0.321 e. The SMILES string of the molecule is CC(=O)c1cccc(NC(=O)c2nnn(C3CCNCC3)c2C)c1. The molecule has 0 radical (unpaired) electrons. The lowest BCUT2D eigenvalue weighted by atomic mass is 10.1. The third-order valence-corrected chi connectivity index (χ3v) is 4.32. The molecule has 7 nitrogen and oxygen atoms in total. The van der Waals surface area contributed by atoms with Crippen LogP contribution in [0.3, 0.4) is 0 Å². The van der Waals surface area contributed by atoms with Gasteiger partial charge in [0.1, 0.15) is 0 Å². The molecule has 0 atom stereocenters. The lowest BCUT2D eigenvalue weighted by Gasteiger charge is -2.23. The van der Waals surface area contributed by atoms with E-state index in [1.807, 2.05) is 11.6 Å². The van der Waals surface area contributed by atoms with E-state index in [0.717, 1.165) is 31.6 Å². The standard InChI is InChI=1S/C17H21N5O2/c1-11-16(20-21-22(11)15-6-8-18-9-7-15)17(24)19-14-5-3-4-13(10-14)12(2)23/h3-5,10,15,18H,6-9H2,1-2H3,(H,19,24). The van der Waals surface area contributed by atoms with Crippen LogP contribution in [0.1, 0.15) is 52.3 Å². The van der Waals surface area contributed by atoms with Crippen molar-refractivity contribution in [3.8, 4) is 0 Å². The van der Waals surface area contributed by atoms with Gasteiger partial charge < -0.3 is 10.6 Å². The van der Waals surface area contributed by atoms with Gasteiger partial charge in [-0.1, -0.05) is 17.3 Å². The molecule has 0 aliphatic carbocycles. The Morgan fingerprint density at radius 3 is 2.75 bits per heavy atom. The van der Waals surface area contributed by atoms with Gasteiger partial charge in [-0.25, -0.2) is 4.68 Å². The minimum absolute atomic E-state index is 0.0425. The van der Waals surface area contributed by atoms with E-state index in [0.29, 0.717) is 16.9 Å². The average molecular weight is 327 g/mol. The molecule has 0 saturated carbocycles. The van der Waals surface area contributed by atoms with Gasteiger partial charge in [0.15, 0.2) is 11.5 Å². The first-order valence-electron chi connectivity index (χ1n) is 8.11. The maximum atomic E-state index is 12.5. The molecule has 7 heteroatoms. The fraction of sp³-hybridized carbons (Fsp3) is 0.412. The third-order valence-electron chi connectivity index (χ3n) is 4.32. The Hall–Kier alpha value is -2.54. The highest BCUT2D eigenvalue weighted by atomic mass is 16.2. The van der Waals surface area contributed by atoms with Gasteiger partial charge in [0, 0.05) is 11.3 Å². The second-order valence-electron chi connectivity index (χ2n) is 6.04. The monoisotopic (exact) mass is 327 g/mol. The van der Waals surface area contributed by atoms with Crippen molar-refractivity contribution in [2.75, 3.05) is 18.4 Å². The van der Waals surface area contributed by atoms with Crippen LogP contribution >= 0.6 is 0 Å². The number of ketones is 1. The average Bonchev–Trinajstić information content (AvgIpc) is 2.97. The molecule has 2 N–H and O–H groups in total. The van der Waals surface area contributed by atoms with Crippen molar-refractivity contribution in [2.45, 2.75) is 32.7 Å². The van der Waals surface area contributed by atoms with E-state index in [4.69, 9.17) is 0 Å². The van der Waals surface area contributed by atoms with Gasteiger partial charge in [-0.15, -0.1) is 5.10 Å². The van der Waals surface area contributed by atoms with Crippen molar-refractivity contribution in [1.82, 2.24) is 20.3 Å². The maximum Gasteiger partial charge on any atom is 0.278 e. The number of benzene rings is 1. The van der Waals surface area contributed by atoms with Crippen molar-refractivity contribution in [3.05, 3.63) is 41.2 Å². The maximum absolute atomic E-state index is 12.5. The van der Waals surface area contributed by atoms with E-state index in [1.165, 1.54) is 6.92 Å². The molecule has 24 heavy (non-hydrogen) atoms. The van der Waals surface area contributed by atoms with E-state index in [1.54, 1.807) is 24.3 Å². The normalized spacial score (nSPS) is 15.2. The molecule has 3 rings (SSSR count). The van der Waals surface area contributed by atoms with Crippen molar-refractivity contribution >= 4 is 17.4 Å². The van der Waals surface area contributed by atoms with Crippen molar-refractivity contribution in [2.24, 2.45) is 0 Å². The highest BCUT2D eigenvalue weighted by Crippen LogP contribution is 2.21. The van der Waals surface area contributed by atoms with E-state index in [2.05, 4.69) is 20.9 Å². The lowest BCUT2D eigenvalue weighted by molar-refractivity contribution is 0.100. The first-order valence-corrected chi connectivity index (χ1v) is 8.11. The number of nitrogens with zero attached hydrogens (tertiary/aromatic N) is 3. The summed E-state index contributed by atoms with van der Waals surface area (Å²) in [7, 11) is 0. The number of hydrogen-bond donors (Lipinski definition) is 2. The molecular formula is C17H21N5O2. The molecule has 2 heterocycles. The van der Waals surface area contributed by atoms with Gasteiger partial charge in [0.2, 0.25) is 0 Å². The van der Waals surface area contributed by atoms with Gasteiger partial charge >= 0.3 is 0 Å². The summed E-state index contributed by atoms with van der Waals surface area (Å²) in [6.07, 6.45) is 1.96. The molecular weight excluding hydrogens is 306 g/mol. The second-order valence-corrected chi connectivity index (χ2v) is 6.04. The van der Waals surface area contributed by atoms with Crippen LogP contribution in [0, 0.1) is 6.92 Å². The lowest BCUT2D eigenvalue weighted by Crippen LogP contribution is -2.30. The summed E-state index contributed by atoms with van der Waals surface area (Å²) < 4.78 is 1.85. The summed E-state index contributed by atoms with van der Waals surface area (Å²) >= 11 is 0. The van der Waals surface area contributed by atoms with Gasteiger partial charge in [0.25, 0.3) is 5.91 Å². The van der Waals surface area contributed by atoms with Crippen LogP contribution in [-0.4, -0.2) is 39.8 Å². The van der Waals surface area contributed by atoms with Crippen LogP contribution < -0.4 is 10.6 Å². The zero-order chi connectivity index (χ0) is 17.1. The summed E-state index contributed by atoms with van der Waals surface area (Å²) in [4.78, 5) is 23.9. The quantitative estimate of drug-likeness (QED) is 0.838. The number of carbonyl (C=O) groups excluding carboxylic acids is 2. The molecule has 0 unspecified atom stereocenters. The first-order chi connectivity index (χ1) is 11.6. The number of carbonyl (C=O) groups is 2. The minimum atomic E-state index is -0.312. The second kappa shape index (κ2) is 6.92. The molecule has 126 valence electrons. The Morgan fingerprint density at radius 1 is 1.29 bits per heavy atom. The topological polar surface area (TPSA) is 88.9 Å². The summed E-state index contributed by atoms with van der Waals surface area (Å²) in [5, 5.41) is 14.3. The number of amides is 1. The van der Waals surface area contributed by atoms with Crippen molar-refractivity contribution in [3.63, 3.8) is 0 Å². The summed E-state index contributed by atoms with van der Waals surface area (Å²) in [5.41, 5.74) is 2.22. The molecule has 0 bridgehead atoms. The third kappa shape index (κ3) is 3.35. The van der Waals surface area contributed by atoms with Crippen LogP contribution in [0.15, 0.2) is 24.3 Å². The van der Waals surface area contributed by atoms with Crippen LogP contribution in [0.25, 0.3) is 0 Å². The predicted octanol–water partition coefficient (Wildman–Crippen LogP) is 1.97. The number of hydrogen-bond acceptors (Lipinski definition) is 5. The Kier molecular flexibility index (Phi) is 4.71. The number of aromatic nitrogens is 3. The number of rotatable bonds is 4. The molecule has 1 saturated heterocycles. The van der Waals surface area contributed by atoms with E-state index in [9.17, 15) is 9.59 Å². The van der Waals surface area contributed by atoms with Crippen LogP contribution in [-0.2, 0) is 0 Å². The highest BCUT2D eigenvalue weighted by Gasteiger charge is 2.23. The van der Waals surface area contributed by atoms with E-state index < -0.39 is 0 Å². The molecule has 1 aliphatic rings. The van der Waals surface area contributed by atoms with E-state index >= 15 is 0 Å². The molecule has 1 aromatic carbocycles. The summed E-state index contributed by atoms with van der Waals surface area (Å²) in [6.45, 7) is 5.26. The zero-order valence-corrected chi connectivity index (χ0v) is 13.9. The highest BCUT2D eigenvalue weighted by molar-refractivity contribution is 6.04. The van der Waals surface area contributed by atoms with Crippen molar-refractivity contribution in [1.29, 1.82) is 0 Å². The fourth-order valence-corrected chi connectivity index (χ4v) is 2.95. The number of nitrogens with one attached hydrogen (secondary N) is 2. The molecule has 2 aromatic rings. The molecule has 1 amide bonds. The fourth-order valence-electron chi connectivity index (χ4n) is 2.95. The summed E-state index contributed by atoms with van der Waals surface area (Å²) in [6, 6.07) is 7.15. The van der Waals surface area contributed by atoms with E-state index in [-0.39, 0.29) is 17.7 Å². The van der Waals surface area contributed by atoms with Crippen LogP contribution in [0.4, 0.5) is 5.69 Å². The van der Waals surface area contributed by atoms with Gasteiger partial charge in [0.05, 0.1) is 11.7 Å². The molecule has 1 aliphatic heterocycles. The van der Waals surface area contributed by atoms with Crippen LogP contribution in [0.5, 0.6) is 0 Å². The summed E-state index contributed by atoms with van der Waals surface area (Å²) in [5.74, 6) is -0.354. The number of anilines is 1. The smallest absolute Gasteiger partial charge is 0.278 e. The predicted molar refractivity (Wildman–Crippen MR) is 90.3 cm³/mol. The Bertz CT molecular complexity index is 762. The van der Waals surface area contributed by atoms with Gasteiger partial charge in [-0.2, -0.15) is 0 Å². The molecule has 1 aromatic heterocycles. The van der Waals surface area contributed by atoms with Crippen LogP contribution in [0.2, 0.25) is 0 Å². The first kappa shape index (κ1) is 16.3. The molecule has 0 spiro atoms. The van der Waals surface area contributed by atoms with Gasteiger partial charge in [-0.05, 0) is 51.9 Å². The largest absolute Gasteiger partial charge is 0.321 e. The van der Waals surface area contributed by atoms with Crippen molar-refractivity contribution < 1.29 is 9.59 Å². The zero-order valence-electron chi connectivity index (χ0n) is 13.9. The Labute approximate surface area is 140 Å². The molecule has 1 fully saturated rings.